The van der Waals surface area contributed by atoms with E-state index in [1.807, 2.05) is 29.2 Å². The van der Waals surface area contributed by atoms with Crippen LogP contribution in [-0.4, -0.2) is 80.7 Å². The van der Waals surface area contributed by atoms with Crippen LogP contribution in [0.2, 0.25) is 0 Å². The summed E-state index contributed by atoms with van der Waals surface area (Å²) in [6.45, 7) is 2.68. The number of carboxylic acid groups (broad SMARTS) is 1. The molecule has 1 aliphatic heterocycles. The molecule has 1 aliphatic rings. The maximum atomic E-state index is 12.6. The molecule has 4 N–H and O–H groups in total. The number of amides is 1. The van der Waals surface area contributed by atoms with Crippen molar-refractivity contribution in [1.82, 2.24) is 25.3 Å². The molecule has 13 heteroatoms. The fraction of sp³-hybridized carbons (Fsp3) is 0.350. The molecule has 1 saturated heterocycles. The number of carboxylic acids is 1. The fourth-order valence-electron chi connectivity index (χ4n) is 3.34. The predicted molar refractivity (Wildman–Crippen MR) is 112 cm³/mol. The van der Waals surface area contributed by atoms with Crippen LogP contribution in [0.5, 0.6) is 0 Å². The zero-order chi connectivity index (χ0) is 24.0. The average Bonchev–Trinajstić information content (AvgIpc) is 3.31. The third kappa shape index (κ3) is 6.16. The Hall–Kier alpha value is -3.74. The summed E-state index contributed by atoms with van der Waals surface area (Å²) in [5.74, 6) is -1.91. The van der Waals surface area contributed by atoms with E-state index in [0.29, 0.717) is 32.6 Å². The van der Waals surface area contributed by atoms with Crippen LogP contribution in [0, 0.1) is 0 Å². The van der Waals surface area contributed by atoms with Crippen LogP contribution in [0.25, 0.3) is 10.8 Å². The first-order chi connectivity index (χ1) is 15.7. The van der Waals surface area contributed by atoms with Crippen LogP contribution in [0.15, 0.2) is 42.7 Å². The number of nitrogens with two attached hydrogens (primary N) is 1. The number of aromatic nitrogens is 4. The van der Waals surface area contributed by atoms with Gasteiger partial charge in [0.1, 0.15) is 0 Å². The lowest BCUT2D eigenvalue weighted by Crippen LogP contribution is -2.54. The number of H-pyrrole nitrogens is 1. The number of benzene rings is 1. The molecule has 1 aromatic carbocycles. The maximum absolute atomic E-state index is 12.6. The molecule has 0 radical (unpaired) electrons. The second-order valence-corrected chi connectivity index (χ2v) is 7.26. The van der Waals surface area contributed by atoms with Gasteiger partial charge in [-0.05, 0) is 6.07 Å². The molecule has 0 spiro atoms. The van der Waals surface area contributed by atoms with Crippen molar-refractivity contribution in [2.24, 2.45) is 5.73 Å². The van der Waals surface area contributed by atoms with Crippen LogP contribution < -0.4 is 10.6 Å². The number of aromatic amines is 1. The summed E-state index contributed by atoms with van der Waals surface area (Å²) in [6, 6.07) is 9.36. The molecule has 0 aliphatic carbocycles. The lowest BCUT2D eigenvalue weighted by atomic mass is 10.1. The second-order valence-electron chi connectivity index (χ2n) is 7.26. The molecule has 3 aromatic rings. The second kappa shape index (κ2) is 10.3. The number of hydrogen-bond donors (Lipinski definition) is 3. The Kier molecular flexibility index (Phi) is 7.43. The molecule has 0 bridgehead atoms. The molecule has 2 aromatic heterocycles. The highest BCUT2D eigenvalue weighted by Crippen LogP contribution is 2.24. The molecular weight excluding hydrogens is 443 g/mol. The molecule has 1 amide bonds. The first kappa shape index (κ1) is 23.9. The predicted octanol–water partition coefficient (Wildman–Crippen LogP) is 1.20. The molecule has 1 fully saturated rings. The largest absolute Gasteiger partial charge is 0.490 e. The van der Waals surface area contributed by atoms with Gasteiger partial charge in [-0.25, -0.2) is 4.79 Å². The van der Waals surface area contributed by atoms with E-state index < -0.39 is 18.2 Å². The van der Waals surface area contributed by atoms with E-state index in [1.165, 1.54) is 0 Å². The highest BCUT2D eigenvalue weighted by Gasteiger charge is 2.38. The van der Waals surface area contributed by atoms with E-state index in [2.05, 4.69) is 31.4 Å². The van der Waals surface area contributed by atoms with Crippen molar-refractivity contribution in [1.29, 1.82) is 0 Å². The number of rotatable bonds is 4. The van der Waals surface area contributed by atoms with Gasteiger partial charge in [0.2, 0.25) is 5.91 Å². The third-order valence-electron chi connectivity index (χ3n) is 5.00. The lowest BCUT2D eigenvalue weighted by molar-refractivity contribution is -0.192. The maximum Gasteiger partial charge on any atom is 0.490 e. The minimum absolute atomic E-state index is 0.0248. The molecule has 33 heavy (non-hydrogen) atoms. The standard InChI is InChI=1S/C18H21N7O.C2HF3O2/c19-16(11-14-5-6-20-22-14)18(26)25-9-7-24(8-10-25)17-15-4-2-1-3-13(15)12-21-23-17;3-2(4,5)1(6)7/h1-6,12,16H,7-11,19H2,(H,20,22);(H,6,7). The van der Waals surface area contributed by atoms with Crippen molar-refractivity contribution in [3.63, 3.8) is 0 Å². The topological polar surface area (TPSA) is 141 Å². The summed E-state index contributed by atoms with van der Waals surface area (Å²) in [6.07, 6.45) is -1.18. The lowest BCUT2D eigenvalue weighted by Gasteiger charge is -2.36. The minimum atomic E-state index is -5.08. The van der Waals surface area contributed by atoms with E-state index in [-0.39, 0.29) is 5.91 Å². The van der Waals surface area contributed by atoms with Gasteiger partial charge in [-0.15, -0.1) is 5.10 Å². The van der Waals surface area contributed by atoms with Crippen LogP contribution >= 0.6 is 0 Å². The first-order valence-electron chi connectivity index (χ1n) is 9.95. The van der Waals surface area contributed by atoms with Gasteiger partial charge in [-0.2, -0.15) is 23.4 Å². The number of aliphatic carboxylic acids is 1. The first-order valence-corrected chi connectivity index (χ1v) is 9.95. The highest BCUT2D eigenvalue weighted by molar-refractivity contribution is 5.91. The Labute approximate surface area is 186 Å². The van der Waals surface area contributed by atoms with Crippen molar-refractivity contribution in [3.8, 4) is 0 Å². The van der Waals surface area contributed by atoms with Crippen LogP contribution in [0.4, 0.5) is 19.0 Å². The van der Waals surface area contributed by atoms with E-state index in [9.17, 15) is 18.0 Å². The highest BCUT2D eigenvalue weighted by atomic mass is 19.4. The van der Waals surface area contributed by atoms with Crippen molar-refractivity contribution in [2.75, 3.05) is 31.1 Å². The van der Waals surface area contributed by atoms with E-state index in [0.717, 1.165) is 22.3 Å². The third-order valence-corrected chi connectivity index (χ3v) is 5.00. The van der Waals surface area contributed by atoms with E-state index >= 15 is 0 Å². The normalized spacial score (nSPS) is 15.0. The minimum Gasteiger partial charge on any atom is -0.475 e. The Balaban J connectivity index is 0.000000383. The molecule has 10 nitrogen and oxygen atoms in total. The summed E-state index contributed by atoms with van der Waals surface area (Å²) in [5, 5.41) is 24.4. The number of carbonyl (C=O) groups is 2. The molecule has 3 heterocycles. The van der Waals surface area contributed by atoms with Gasteiger partial charge < -0.3 is 20.6 Å². The molecular formula is C20H22F3N7O3. The SMILES string of the molecule is NC(Cc1ccn[nH]1)C(=O)N1CCN(c2nncc3ccccc23)CC1.O=C(O)C(F)(F)F. The monoisotopic (exact) mass is 465 g/mol. The van der Waals surface area contributed by atoms with Crippen molar-refractivity contribution in [2.45, 2.75) is 18.6 Å². The number of fused-ring (bicyclic) bond motifs is 1. The number of halogens is 3. The zero-order valence-electron chi connectivity index (χ0n) is 17.4. The summed E-state index contributed by atoms with van der Waals surface area (Å²) in [4.78, 5) is 25.5. The van der Waals surface area contributed by atoms with Crippen LogP contribution in [0.1, 0.15) is 5.69 Å². The molecule has 1 atom stereocenters. The molecule has 4 rings (SSSR count). The van der Waals surface area contributed by atoms with E-state index in [4.69, 9.17) is 15.6 Å². The van der Waals surface area contributed by atoms with Crippen molar-refractivity contribution in [3.05, 3.63) is 48.4 Å². The smallest absolute Gasteiger partial charge is 0.475 e. The summed E-state index contributed by atoms with van der Waals surface area (Å²) in [5.41, 5.74) is 6.96. The Morgan fingerprint density at radius 1 is 1.15 bits per heavy atom. The van der Waals surface area contributed by atoms with Crippen molar-refractivity contribution < 1.29 is 27.9 Å². The van der Waals surface area contributed by atoms with Gasteiger partial charge in [0, 0.05) is 55.3 Å². The number of nitrogens with zero attached hydrogens (tertiary/aromatic N) is 5. The Morgan fingerprint density at radius 3 is 2.42 bits per heavy atom. The van der Waals surface area contributed by atoms with Gasteiger partial charge >= 0.3 is 12.1 Å². The van der Waals surface area contributed by atoms with E-state index in [1.54, 1.807) is 12.4 Å². The number of hydrogen-bond acceptors (Lipinski definition) is 7. The average molecular weight is 465 g/mol. The van der Waals surface area contributed by atoms with Crippen LogP contribution in [0.3, 0.4) is 0 Å². The Bertz CT molecular complexity index is 1080. The number of anilines is 1. The van der Waals surface area contributed by atoms with Gasteiger partial charge in [0.05, 0.1) is 12.2 Å². The zero-order valence-corrected chi connectivity index (χ0v) is 17.4. The fourth-order valence-corrected chi connectivity index (χ4v) is 3.34. The summed E-state index contributed by atoms with van der Waals surface area (Å²) < 4.78 is 31.7. The summed E-state index contributed by atoms with van der Waals surface area (Å²) >= 11 is 0. The Morgan fingerprint density at radius 2 is 1.82 bits per heavy atom. The molecule has 1 unspecified atom stereocenters. The summed E-state index contributed by atoms with van der Waals surface area (Å²) in [7, 11) is 0. The number of alkyl halides is 3. The molecule has 0 saturated carbocycles. The number of carbonyl (C=O) groups excluding carboxylic acids is 1. The van der Waals surface area contributed by atoms with Gasteiger partial charge in [0.25, 0.3) is 0 Å². The molecule has 176 valence electrons. The van der Waals surface area contributed by atoms with Gasteiger partial charge in [0.15, 0.2) is 5.82 Å². The van der Waals surface area contributed by atoms with Gasteiger partial charge in [-0.1, -0.05) is 24.3 Å². The van der Waals surface area contributed by atoms with Gasteiger partial charge in [-0.3, -0.25) is 9.89 Å². The quantitative estimate of drug-likeness (QED) is 0.522. The number of nitrogens with one attached hydrogen (secondary N) is 1. The number of piperazine rings is 1. The van der Waals surface area contributed by atoms with Crippen molar-refractivity contribution >= 4 is 28.5 Å². The van der Waals surface area contributed by atoms with Crippen LogP contribution in [-0.2, 0) is 16.0 Å².